The van der Waals surface area contributed by atoms with Gasteiger partial charge in [0.05, 0.1) is 9.95 Å². The molecule has 0 aromatic heterocycles. The molecule has 0 atom stereocenters. The van der Waals surface area contributed by atoms with Gasteiger partial charge in [0.1, 0.15) is 17.5 Å². The molecule has 1 aliphatic rings. The van der Waals surface area contributed by atoms with Crippen LogP contribution in [0.4, 0.5) is 10.5 Å². The predicted molar refractivity (Wildman–Crippen MR) is 89.6 cm³/mol. The van der Waals surface area contributed by atoms with Crippen molar-refractivity contribution in [2.24, 2.45) is 0 Å². The zero-order chi connectivity index (χ0) is 17.9. The van der Waals surface area contributed by atoms with Crippen LogP contribution in [0.25, 0.3) is 0 Å². The van der Waals surface area contributed by atoms with E-state index in [0.717, 1.165) is 0 Å². The minimum absolute atomic E-state index is 0.0768. The number of nitrogens with zero attached hydrogens (tertiary/aromatic N) is 2. The van der Waals surface area contributed by atoms with Gasteiger partial charge >= 0.3 is 6.09 Å². The number of non-ortho nitro benzene ring substituents is 1. The number of amides is 1. The standard InChI is InChI=1S/C16H21ClN2O5/c1-16(2,3)24-15(20)18-8-6-12(7-9-18)23-14-5-4-11(19(21)22)10-13(14)17/h4-5,10,12H,6-9H2,1-3H3. The van der Waals surface area contributed by atoms with E-state index >= 15 is 0 Å². The van der Waals surface area contributed by atoms with Gasteiger partial charge in [-0.25, -0.2) is 4.79 Å². The lowest BCUT2D eigenvalue weighted by Crippen LogP contribution is -2.44. The summed E-state index contributed by atoms with van der Waals surface area (Å²) in [6.45, 7) is 6.56. The Bertz CT molecular complexity index is 621. The zero-order valence-electron chi connectivity index (χ0n) is 14.0. The third-order valence-corrected chi connectivity index (χ3v) is 3.81. The molecule has 1 amide bonds. The lowest BCUT2D eigenvalue weighted by molar-refractivity contribution is -0.384. The van der Waals surface area contributed by atoms with Gasteiger partial charge in [0.2, 0.25) is 0 Å². The fraction of sp³-hybridized carbons (Fsp3) is 0.562. The molecule has 1 aromatic rings. The molecule has 1 saturated heterocycles. The van der Waals surface area contributed by atoms with Gasteiger partial charge in [-0.05, 0) is 26.8 Å². The van der Waals surface area contributed by atoms with Crippen molar-refractivity contribution in [3.8, 4) is 5.75 Å². The number of hydrogen-bond acceptors (Lipinski definition) is 5. The minimum Gasteiger partial charge on any atom is -0.489 e. The first-order valence-corrected chi connectivity index (χ1v) is 8.12. The summed E-state index contributed by atoms with van der Waals surface area (Å²) in [6.07, 6.45) is 0.871. The van der Waals surface area contributed by atoms with Crippen molar-refractivity contribution in [1.29, 1.82) is 0 Å². The third-order valence-electron chi connectivity index (χ3n) is 3.51. The molecule has 0 unspecified atom stereocenters. The Labute approximate surface area is 145 Å². The molecule has 8 heteroatoms. The summed E-state index contributed by atoms with van der Waals surface area (Å²) < 4.78 is 11.2. The predicted octanol–water partition coefficient (Wildman–Crippen LogP) is 4.03. The molecule has 0 saturated carbocycles. The molecule has 1 heterocycles. The highest BCUT2D eigenvalue weighted by molar-refractivity contribution is 6.32. The highest BCUT2D eigenvalue weighted by Crippen LogP contribution is 2.31. The highest BCUT2D eigenvalue weighted by Gasteiger charge is 2.28. The number of hydrogen-bond donors (Lipinski definition) is 0. The van der Waals surface area contributed by atoms with E-state index in [9.17, 15) is 14.9 Å². The molecular formula is C16H21ClN2O5. The Hall–Kier alpha value is -2.02. The van der Waals surface area contributed by atoms with Crippen molar-refractivity contribution >= 4 is 23.4 Å². The van der Waals surface area contributed by atoms with Gasteiger partial charge in [0, 0.05) is 38.1 Å². The summed E-state index contributed by atoms with van der Waals surface area (Å²) in [5.41, 5.74) is -0.594. The van der Waals surface area contributed by atoms with Crippen LogP contribution in [0.1, 0.15) is 33.6 Å². The number of ether oxygens (including phenoxy) is 2. The Morgan fingerprint density at radius 3 is 2.46 bits per heavy atom. The Kier molecular flexibility index (Phi) is 5.54. The van der Waals surface area contributed by atoms with E-state index in [1.807, 2.05) is 20.8 Å². The first-order chi connectivity index (χ1) is 11.2. The van der Waals surface area contributed by atoms with Crippen molar-refractivity contribution in [3.05, 3.63) is 33.3 Å². The number of carbonyl (C=O) groups is 1. The van der Waals surface area contributed by atoms with Crippen LogP contribution in [0.3, 0.4) is 0 Å². The zero-order valence-corrected chi connectivity index (χ0v) is 14.7. The van der Waals surface area contributed by atoms with Crippen LogP contribution in [0, 0.1) is 10.1 Å². The number of halogens is 1. The van der Waals surface area contributed by atoms with Gasteiger partial charge in [-0.3, -0.25) is 10.1 Å². The topological polar surface area (TPSA) is 81.9 Å². The maximum absolute atomic E-state index is 12.0. The van der Waals surface area contributed by atoms with E-state index < -0.39 is 10.5 Å². The molecule has 2 rings (SSSR count). The molecule has 0 aliphatic carbocycles. The summed E-state index contributed by atoms with van der Waals surface area (Å²) in [4.78, 5) is 23.9. The van der Waals surface area contributed by atoms with E-state index in [1.54, 1.807) is 4.90 Å². The maximum atomic E-state index is 12.0. The van der Waals surface area contributed by atoms with Gasteiger partial charge in [-0.2, -0.15) is 0 Å². The van der Waals surface area contributed by atoms with Crippen LogP contribution < -0.4 is 4.74 Å². The van der Waals surface area contributed by atoms with Gasteiger partial charge in [-0.15, -0.1) is 0 Å². The summed E-state index contributed by atoms with van der Waals surface area (Å²) in [5, 5.41) is 10.9. The summed E-state index contributed by atoms with van der Waals surface area (Å²) in [5.74, 6) is 0.415. The Morgan fingerprint density at radius 2 is 1.96 bits per heavy atom. The average molecular weight is 357 g/mol. The van der Waals surface area contributed by atoms with Crippen molar-refractivity contribution in [1.82, 2.24) is 4.90 Å². The molecule has 7 nitrogen and oxygen atoms in total. The van der Waals surface area contributed by atoms with Crippen LogP contribution in [0.2, 0.25) is 5.02 Å². The normalized spacial score (nSPS) is 15.9. The third kappa shape index (κ3) is 4.99. The maximum Gasteiger partial charge on any atom is 0.410 e. The lowest BCUT2D eigenvalue weighted by atomic mass is 10.1. The summed E-state index contributed by atoms with van der Waals surface area (Å²) in [7, 11) is 0. The second-order valence-electron chi connectivity index (χ2n) is 6.66. The van der Waals surface area contributed by atoms with Crippen molar-refractivity contribution in [2.45, 2.75) is 45.3 Å². The number of benzene rings is 1. The lowest BCUT2D eigenvalue weighted by Gasteiger charge is -2.33. The average Bonchev–Trinajstić information content (AvgIpc) is 2.48. The fourth-order valence-electron chi connectivity index (χ4n) is 2.36. The van der Waals surface area contributed by atoms with E-state index in [0.29, 0.717) is 31.7 Å². The van der Waals surface area contributed by atoms with Gasteiger partial charge < -0.3 is 14.4 Å². The number of nitro groups is 1. The molecule has 0 bridgehead atoms. The number of nitro benzene ring substituents is 1. The molecule has 24 heavy (non-hydrogen) atoms. The fourth-order valence-corrected chi connectivity index (χ4v) is 2.58. The molecule has 1 aromatic carbocycles. The van der Waals surface area contributed by atoms with Crippen LogP contribution in [-0.4, -0.2) is 40.7 Å². The monoisotopic (exact) mass is 356 g/mol. The Morgan fingerprint density at radius 1 is 1.33 bits per heavy atom. The number of piperidine rings is 1. The van der Waals surface area contributed by atoms with Crippen LogP contribution >= 0.6 is 11.6 Å². The summed E-state index contributed by atoms with van der Waals surface area (Å²) in [6, 6.07) is 4.13. The van der Waals surface area contributed by atoms with Gasteiger partial charge in [0.15, 0.2) is 0 Å². The molecule has 0 spiro atoms. The first kappa shape index (κ1) is 18.3. The highest BCUT2D eigenvalue weighted by atomic mass is 35.5. The van der Waals surface area contributed by atoms with Crippen molar-refractivity contribution < 1.29 is 19.2 Å². The molecule has 1 aliphatic heterocycles. The van der Waals surface area contributed by atoms with Gasteiger partial charge in [-0.1, -0.05) is 11.6 Å². The van der Waals surface area contributed by atoms with Crippen LogP contribution in [0.15, 0.2) is 18.2 Å². The van der Waals surface area contributed by atoms with E-state index in [-0.39, 0.29) is 22.9 Å². The first-order valence-electron chi connectivity index (χ1n) is 7.74. The summed E-state index contributed by atoms with van der Waals surface area (Å²) >= 11 is 6.03. The van der Waals surface area contributed by atoms with E-state index in [4.69, 9.17) is 21.1 Å². The molecule has 132 valence electrons. The second kappa shape index (κ2) is 7.25. The number of likely N-dealkylation sites (tertiary alicyclic amines) is 1. The van der Waals surface area contributed by atoms with Crippen molar-refractivity contribution in [3.63, 3.8) is 0 Å². The van der Waals surface area contributed by atoms with E-state index in [2.05, 4.69) is 0 Å². The van der Waals surface area contributed by atoms with Crippen LogP contribution in [-0.2, 0) is 4.74 Å². The van der Waals surface area contributed by atoms with E-state index in [1.165, 1.54) is 18.2 Å². The number of rotatable bonds is 3. The number of carbonyl (C=O) groups excluding carboxylic acids is 1. The largest absolute Gasteiger partial charge is 0.489 e. The molecule has 0 radical (unpaired) electrons. The van der Waals surface area contributed by atoms with Crippen molar-refractivity contribution in [2.75, 3.05) is 13.1 Å². The van der Waals surface area contributed by atoms with Crippen LogP contribution in [0.5, 0.6) is 5.75 Å². The SMILES string of the molecule is CC(C)(C)OC(=O)N1CCC(Oc2ccc([N+](=O)[O-])cc2Cl)CC1. The second-order valence-corrected chi connectivity index (χ2v) is 7.06. The molecular weight excluding hydrogens is 336 g/mol. The molecule has 0 N–H and O–H groups in total. The molecule has 1 fully saturated rings. The minimum atomic E-state index is -0.517. The quantitative estimate of drug-likeness (QED) is 0.603. The smallest absolute Gasteiger partial charge is 0.410 e. The van der Waals surface area contributed by atoms with Gasteiger partial charge in [0.25, 0.3) is 5.69 Å². The Balaban J connectivity index is 1.89.